The van der Waals surface area contributed by atoms with Crippen LogP contribution in [0, 0.1) is 0 Å². The van der Waals surface area contributed by atoms with Crippen molar-refractivity contribution < 1.29 is 14.7 Å². The molecule has 2 aromatic carbocycles. The lowest BCUT2D eigenvalue weighted by atomic mass is 10.1. The number of ether oxygens (including phenoxy) is 2. The Kier molecular flexibility index (Phi) is 5.89. The highest BCUT2D eigenvalue weighted by Crippen LogP contribution is 2.34. The standard InChI is InChI=1S/C23H24N6O3/c1-15(27-30)13-29(18-7-19(31-3)10-20(8-18)32-4)17-5-6-21-22(9-17)26-23(12-24-21)16-11-25-28(2)14-16/h5-12,14,30H,13H2,1-4H3/b27-15+. The third kappa shape index (κ3) is 4.31. The van der Waals surface area contributed by atoms with Gasteiger partial charge in [-0.25, -0.2) is 4.98 Å². The topological polar surface area (TPSA) is 97.9 Å². The van der Waals surface area contributed by atoms with Gasteiger partial charge in [0.1, 0.15) is 11.5 Å². The van der Waals surface area contributed by atoms with Crippen LogP contribution >= 0.6 is 0 Å². The van der Waals surface area contributed by atoms with Crippen molar-refractivity contribution in [3.63, 3.8) is 0 Å². The molecule has 0 unspecified atom stereocenters. The van der Waals surface area contributed by atoms with E-state index in [2.05, 4.69) is 15.2 Å². The summed E-state index contributed by atoms with van der Waals surface area (Å²) < 4.78 is 12.6. The van der Waals surface area contributed by atoms with Gasteiger partial charge < -0.3 is 19.6 Å². The molecule has 4 aromatic rings. The van der Waals surface area contributed by atoms with E-state index in [9.17, 15) is 5.21 Å². The highest BCUT2D eigenvalue weighted by Gasteiger charge is 2.15. The Balaban J connectivity index is 1.82. The second-order valence-electron chi connectivity index (χ2n) is 7.32. The van der Waals surface area contributed by atoms with Crippen LogP contribution in [0.5, 0.6) is 11.5 Å². The van der Waals surface area contributed by atoms with Crippen molar-refractivity contribution in [1.29, 1.82) is 0 Å². The van der Waals surface area contributed by atoms with Gasteiger partial charge in [0.15, 0.2) is 0 Å². The minimum Gasteiger partial charge on any atom is -0.497 e. The van der Waals surface area contributed by atoms with Gasteiger partial charge in [-0.05, 0) is 25.1 Å². The van der Waals surface area contributed by atoms with Gasteiger partial charge in [-0.2, -0.15) is 5.10 Å². The number of fused-ring (bicyclic) bond motifs is 1. The fraction of sp³-hybridized carbons (Fsp3) is 0.217. The van der Waals surface area contributed by atoms with Gasteiger partial charge in [-0.15, -0.1) is 0 Å². The Morgan fingerprint density at radius 3 is 2.41 bits per heavy atom. The van der Waals surface area contributed by atoms with Crippen molar-refractivity contribution in [3.05, 3.63) is 55.0 Å². The number of benzene rings is 2. The van der Waals surface area contributed by atoms with Crippen LogP contribution in [-0.4, -0.2) is 51.4 Å². The molecule has 9 nitrogen and oxygen atoms in total. The molecule has 1 N–H and O–H groups in total. The van der Waals surface area contributed by atoms with Gasteiger partial charge in [0.05, 0.1) is 55.6 Å². The van der Waals surface area contributed by atoms with Crippen molar-refractivity contribution in [2.24, 2.45) is 12.2 Å². The largest absolute Gasteiger partial charge is 0.497 e. The zero-order chi connectivity index (χ0) is 22.7. The number of rotatable bonds is 7. The molecule has 32 heavy (non-hydrogen) atoms. The third-order valence-corrected chi connectivity index (χ3v) is 5.04. The van der Waals surface area contributed by atoms with E-state index in [1.807, 2.05) is 48.5 Å². The number of aryl methyl sites for hydroxylation is 1. The molecule has 9 heteroatoms. The van der Waals surface area contributed by atoms with Crippen LogP contribution in [0.1, 0.15) is 6.92 Å². The Morgan fingerprint density at radius 1 is 1.03 bits per heavy atom. The third-order valence-electron chi connectivity index (χ3n) is 5.04. The van der Waals surface area contributed by atoms with E-state index in [1.165, 1.54) is 0 Å². The molecule has 0 aliphatic carbocycles. The number of nitrogens with zero attached hydrogens (tertiary/aromatic N) is 6. The molecule has 0 atom stereocenters. The van der Waals surface area contributed by atoms with Crippen molar-refractivity contribution in [3.8, 4) is 22.8 Å². The molecule has 0 aliphatic heterocycles. The van der Waals surface area contributed by atoms with Crippen molar-refractivity contribution >= 4 is 28.1 Å². The lowest BCUT2D eigenvalue weighted by Crippen LogP contribution is -2.24. The van der Waals surface area contributed by atoms with Gasteiger partial charge in [-0.1, -0.05) is 5.16 Å². The van der Waals surface area contributed by atoms with Crippen LogP contribution < -0.4 is 14.4 Å². The van der Waals surface area contributed by atoms with E-state index < -0.39 is 0 Å². The SMILES string of the molecule is COc1cc(OC)cc(N(C/C(C)=N/O)c2ccc3ncc(-c4cnn(C)c4)nc3c2)c1. The molecule has 0 fully saturated rings. The first-order valence-electron chi connectivity index (χ1n) is 9.94. The predicted molar refractivity (Wildman–Crippen MR) is 123 cm³/mol. The monoisotopic (exact) mass is 432 g/mol. The molecule has 164 valence electrons. The van der Waals surface area contributed by atoms with Crippen LogP contribution in [0.15, 0.2) is 60.1 Å². The van der Waals surface area contributed by atoms with Crippen molar-refractivity contribution in [2.75, 3.05) is 25.7 Å². The Hall–Kier alpha value is -4.14. The minimum atomic E-state index is 0.355. The summed E-state index contributed by atoms with van der Waals surface area (Å²) in [5.41, 5.74) is 5.37. The molecule has 2 aromatic heterocycles. The van der Waals surface area contributed by atoms with Crippen LogP contribution in [0.2, 0.25) is 0 Å². The van der Waals surface area contributed by atoms with E-state index >= 15 is 0 Å². The van der Waals surface area contributed by atoms with E-state index in [0.717, 1.165) is 33.7 Å². The van der Waals surface area contributed by atoms with Gasteiger partial charge in [-0.3, -0.25) is 9.67 Å². The average molecular weight is 432 g/mol. The summed E-state index contributed by atoms with van der Waals surface area (Å²) in [6.45, 7) is 2.11. The summed E-state index contributed by atoms with van der Waals surface area (Å²) in [6.07, 6.45) is 5.40. The van der Waals surface area contributed by atoms with E-state index in [-0.39, 0.29) is 0 Å². The maximum Gasteiger partial charge on any atom is 0.124 e. The van der Waals surface area contributed by atoms with Gasteiger partial charge >= 0.3 is 0 Å². The van der Waals surface area contributed by atoms with Crippen LogP contribution in [0.25, 0.3) is 22.3 Å². The second-order valence-corrected chi connectivity index (χ2v) is 7.32. The normalized spacial score (nSPS) is 11.6. The maximum atomic E-state index is 9.30. The van der Waals surface area contributed by atoms with Gasteiger partial charge in [0.2, 0.25) is 0 Å². The summed E-state index contributed by atoms with van der Waals surface area (Å²) in [4.78, 5) is 11.3. The first-order valence-corrected chi connectivity index (χ1v) is 9.94. The molecule has 0 radical (unpaired) electrons. The number of aromatic nitrogens is 4. The fourth-order valence-corrected chi connectivity index (χ4v) is 3.40. The molecule has 0 spiro atoms. The first-order chi connectivity index (χ1) is 15.5. The summed E-state index contributed by atoms with van der Waals surface area (Å²) in [6, 6.07) is 11.4. The van der Waals surface area contributed by atoms with Gasteiger partial charge in [0, 0.05) is 48.4 Å². The van der Waals surface area contributed by atoms with Crippen LogP contribution in [0.4, 0.5) is 11.4 Å². The first kappa shape index (κ1) is 21.1. The zero-order valence-electron chi connectivity index (χ0n) is 18.4. The van der Waals surface area contributed by atoms with E-state index in [0.29, 0.717) is 23.8 Å². The predicted octanol–water partition coefficient (Wildman–Crippen LogP) is 4.04. The van der Waals surface area contributed by atoms with Crippen molar-refractivity contribution in [2.45, 2.75) is 6.92 Å². The number of methoxy groups -OCH3 is 2. The maximum absolute atomic E-state index is 9.30. The van der Waals surface area contributed by atoms with Gasteiger partial charge in [0.25, 0.3) is 0 Å². The number of hydrogen-bond acceptors (Lipinski definition) is 8. The van der Waals surface area contributed by atoms with E-state index in [4.69, 9.17) is 14.5 Å². The molecule has 0 aliphatic rings. The lowest BCUT2D eigenvalue weighted by molar-refractivity contribution is 0.318. The summed E-state index contributed by atoms with van der Waals surface area (Å²) in [5.74, 6) is 1.31. The molecule has 0 saturated carbocycles. The van der Waals surface area contributed by atoms with Crippen LogP contribution in [0.3, 0.4) is 0 Å². The summed E-state index contributed by atoms with van der Waals surface area (Å²) in [7, 11) is 5.07. The molecular weight excluding hydrogens is 408 g/mol. The summed E-state index contributed by atoms with van der Waals surface area (Å²) >= 11 is 0. The van der Waals surface area contributed by atoms with Crippen LogP contribution in [-0.2, 0) is 7.05 Å². The highest BCUT2D eigenvalue weighted by molar-refractivity contribution is 5.90. The minimum absolute atomic E-state index is 0.355. The number of oxime groups is 1. The molecular formula is C23H24N6O3. The Bertz CT molecular complexity index is 1260. The lowest BCUT2D eigenvalue weighted by Gasteiger charge is -2.26. The molecule has 0 amide bonds. The molecule has 0 bridgehead atoms. The fourth-order valence-electron chi connectivity index (χ4n) is 3.40. The molecule has 2 heterocycles. The quantitative estimate of drug-likeness (QED) is 0.267. The number of hydrogen-bond donors (Lipinski definition) is 1. The zero-order valence-corrected chi connectivity index (χ0v) is 18.4. The number of anilines is 2. The van der Waals surface area contributed by atoms with Crippen molar-refractivity contribution in [1.82, 2.24) is 19.7 Å². The molecule has 0 saturated heterocycles. The smallest absolute Gasteiger partial charge is 0.124 e. The van der Waals surface area contributed by atoms with E-state index in [1.54, 1.807) is 44.3 Å². The average Bonchev–Trinajstić information content (AvgIpc) is 3.27. The second kappa shape index (κ2) is 8.93. The highest BCUT2D eigenvalue weighted by atomic mass is 16.5. The Morgan fingerprint density at radius 2 is 1.78 bits per heavy atom. The summed E-state index contributed by atoms with van der Waals surface area (Å²) in [5, 5.41) is 16.9. The Labute approximate surface area is 185 Å². The molecule has 4 rings (SSSR count).